The number of carboxylic acids is 1. The van der Waals surface area contributed by atoms with E-state index in [-0.39, 0.29) is 6.03 Å². The Bertz CT molecular complexity index is 321. The lowest BCUT2D eigenvalue weighted by molar-refractivity contribution is -0.144. The van der Waals surface area contributed by atoms with Crippen LogP contribution in [0.5, 0.6) is 0 Å². The van der Waals surface area contributed by atoms with Gasteiger partial charge in [-0.25, -0.2) is 14.6 Å². The third-order valence-corrected chi connectivity index (χ3v) is 3.84. The average molecular weight is 255 g/mol. The van der Waals surface area contributed by atoms with Gasteiger partial charge in [-0.15, -0.1) is 0 Å². The number of urea groups is 1. The Kier molecular flexibility index (Phi) is 4.06. The van der Waals surface area contributed by atoms with Crippen molar-refractivity contribution in [1.29, 1.82) is 0 Å². The van der Waals surface area contributed by atoms with Crippen LogP contribution in [0.3, 0.4) is 0 Å². The predicted molar refractivity (Wildman–Crippen MR) is 65.9 cm³/mol. The van der Waals surface area contributed by atoms with E-state index >= 15 is 0 Å². The summed E-state index contributed by atoms with van der Waals surface area (Å²) in [6, 6.07) is -0.388. The SMILES string of the molecule is O=C(NN1CCCCC1)NC1(C(=O)O)CCCC1. The average Bonchev–Trinajstić information content (AvgIpc) is 2.80. The van der Waals surface area contributed by atoms with Gasteiger partial charge in [0.05, 0.1) is 0 Å². The van der Waals surface area contributed by atoms with Gasteiger partial charge in [0.25, 0.3) is 0 Å². The molecular weight excluding hydrogens is 234 g/mol. The first-order valence-electron chi connectivity index (χ1n) is 6.70. The minimum atomic E-state index is -1.06. The van der Waals surface area contributed by atoms with Crippen LogP contribution in [0.25, 0.3) is 0 Å². The maximum absolute atomic E-state index is 11.8. The van der Waals surface area contributed by atoms with E-state index in [1.807, 2.05) is 5.01 Å². The zero-order chi connectivity index (χ0) is 13.0. The zero-order valence-corrected chi connectivity index (χ0v) is 10.6. The molecular formula is C12H21N3O3. The molecule has 0 unspecified atom stereocenters. The van der Waals surface area contributed by atoms with Crippen LogP contribution in [0.1, 0.15) is 44.9 Å². The van der Waals surface area contributed by atoms with E-state index in [1.165, 1.54) is 6.42 Å². The van der Waals surface area contributed by atoms with Crippen LogP contribution in [-0.4, -0.2) is 40.7 Å². The summed E-state index contributed by atoms with van der Waals surface area (Å²) >= 11 is 0. The number of amides is 2. The summed E-state index contributed by atoms with van der Waals surface area (Å²) in [5.41, 5.74) is 1.69. The molecule has 1 heterocycles. The summed E-state index contributed by atoms with van der Waals surface area (Å²) in [6.45, 7) is 1.68. The first kappa shape index (κ1) is 13.1. The van der Waals surface area contributed by atoms with Crippen molar-refractivity contribution in [2.45, 2.75) is 50.5 Å². The molecule has 2 amide bonds. The fraction of sp³-hybridized carbons (Fsp3) is 0.833. The van der Waals surface area contributed by atoms with Gasteiger partial charge in [0.15, 0.2) is 0 Å². The molecule has 0 aromatic rings. The van der Waals surface area contributed by atoms with Crippen LogP contribution in [-0.2, 0) is 4.79 Å². The highest BCUT2D eigenvalue weighted by atomic mass is 16.4. The van der Waals surface area contributed by atoms with E-state index in [9.17, 15) is 14.7 Å². The molecule has 1 saturated heterocycles. The van der Waals surface area contributed by atoms with Crippen molar-refractivity contribution < 1.29 is 14.7 Å². The number of piperidine rings is 1. The first-order chi connectivity index (χ1) is 8.62. The highest BCUT2D eigenvalue weighted by Crippen LogP contribution is 2.29. The molecule has 0 radical (unpaired) electrons. The number of hydrogen-bond acceptors (Lipinski definition) is 3. The second-order valence-electron chi connectivity index (χ2n) is 5.21. The maximum atomic E-state index is 11.8. The van der Waals surface area contributed by atoms with Gasteiger partial charge in [-0.1, -0.05) is 19.3 Å². The highest BCUT2D eigenvalue weighted by molar-refractivity contribution is 5.86. The molecule has 1 saturated carbocycles. The third kappa shape index (κ3) is 2.93. The van der Waals surface area contributed by atoms with Crippen LogP contribution < -0.4 is 10.7 Å². The van der Waals surface area contributed by atoms with Crippen molar-refractivity contribution in [2.75, 3.05) is 13.1 Å². The molecule has 6 heteroatoms. The number of hydrazine groups is 1. The van der Waals surface area contributed by atoms with Crippen LogP contribution >= 0.6 is 0 Å². The summed E-state index contributed by atoms with van der Waals surface area (Å²) in [5.74, 6) is -0.922. The molecule has 0 spiro atoms. The van der Waals surface area contributed by atoms with Gasteiger partial charge in [-0.3, -0.25) is 5.43 Å². The Balaban J connectivity index is 1.87. The minimum absolute atomic E-state index is 0.388. The molecule has 2 rings (SSSR count). The van der Waals surface area contributed by atoms with E-state index in [2.05, 4.69) is 10.7 Å². The number of rotatable bonds is 3. The molecule has 3 N–H and O–H groups in total. The standard InChI is InChI=1S/C12H21N3O3/c16-10(17)12(6-2-3-7-12)13-11(18)14-15-8-4-1-5-9-15/h1-9H2,(H,16,17)(H2,13,14,18). The van der Waals surface area contributed by atoms with E-state index in [0.717, 1.165) is 38.8 Å². The number of carbonyl (C=O) groups is 2. The molecule has 102 valence electrons. The lowest BCUT2D eigenvalue weighted by atomic mass is 9.98. The van der Waals surface area contributed by atoms with Gasteiger partial charge < -0.3 is 10.4 Å². The molecule has 0 bridgehead atoms. The lowest BCUT2D eigenvalue weighted by Crippen LogP contribution is -2.58. The van der Waals surface area contributed by atoms with Gasteiger partial charge in [0.1, 0.15) is 5.54 Å². The highest BCUT2D eigenvalue weighted by Gasteiger charge is 2.42. The number of nitrogens with one attached hydrogen (secondary N) is 2. The van der Waals surface area contributed by atoms with E-state index in [1.54, 1.807) is 0 Å². The van der Waals surface area contributed by atoms with Gasteiger partial charge in [-0.05, 0) is 25.7 Å². The number of nitrogens with zero attached hydrogens (tertiary/aromatic N) is 1. The summed E-state index contributed by atoms with van der Waals surface area (Å²) in [7, 11) is 0. The Morgan fingerprint density at radius 1 is 1.00 bits per heavy atom. The quantitative estimate of drug-likeness (QED) is 0.705. The van der Waals surface area contributed by atoms with Crippen LogP contribution in [0.2, 0.25) is 0 Å². The molecule has 18 heavy (non-hydrogen) atoms. The van der Waals surface area contributed by atoms with Gasteiger partial charge in [-0.2, -0.15) is 0 Å². The normalized spacial score (nSPS) is 23.6. The maximum Gasteiger partial charge on any atom is 0.330 e. The summed E-state index contributed by atoms with van der Waals surface area (Å²) in [5, 5.41) is 13.8. The Morgan fingerprint density at radius 3 is 2.17 bits per heavy atom. The summed E-state index contributed by atoms with van der Waals surface area (Å²) in [4.78, 5) is 23.1. The second-order valence-corrected chi connectivity index (χ2v) is 5.21. The lowest BCUT2D eigenvalue weighted by Gasteiger charge is -2.30. The third-order valence-electron chi connectivity index (χ3n) is 3.84. The van der Waals surface area contributed by atoms with Crippen LogP contribution in [0.15, 0.2) is 0 Å². The van der Waals surface area contributed by atoms with E-state index < -0.39 is 11.5 Å². The Labute approximate surface area is 107 Å². The zero-order valence-electron chi connectivity index (χ0n) is 10.6. The van der Waals surface area contributed by atoms with Crippen molar-refractivity contribution in [3.8, 4) is 0 Å². The summed E-state index contributed by atoms with van der Waals surface area (Å²) in [6.07, 6.45) is 6.10. The second kappa shape index (κ2) is 5.56. The minimum Gasteiger partial charge on any atom is -0.480 e. The van der Waals surface area contributed by atoms with Crippen molar-refractivity contribution in [3.05, 3.63) is 0 Å². The molecule has 6 nitrogen and oxygen atoms in total. The van der Waals surface area contributed by atoms with Gasteiger partial charge in [0, 0.05) is 13.1 Å². The van der Waals surface area contributed by atoms with Crippen LogP contribution in [0.4, 0.5) is 4.79 Å². The Morgan fingerprint density at radius 2 is 1.61 bits per heavy atom. The number of carboxylic acid groups (broad SMARTS) is 1. The first-order valence-corrected chi connectivity index (χ1v) is 6.70. The van der Waals surface area contributed by atoms with Crippen molar-refractivity contribution >= 4 is 12.0 Å². The predicted octanol–water partition coefficient (Wildman–Crippen LogP) is 1.08. The Hall–Kier alpha value is -1.30. The number of carbonyl (C=O) groups excluding carboxylic acids is 1. The fourth-order valence-electron chi connectivity index (χ4n) is 2.77. The largest absolute Gasteiger partial charge is 0.480 e. The smallest absolute Gasteiger partial charge is 0.330 e. The van der Waals surface area contributed by atoms with Gasteiger partial charge >= 0.3 is 12.0 Å². The molecule has 0 atom stereocenters. The van der Waals surface area contributed by atoms with Crippen molar-refractivity contribution in [3.63, 3.8) is 0 Å². The van der Waals surface area contributed by atoms with Crippen LogP contribution in [0, 0.1) is 0 Å². The summed E-state index contributed by atoms with van der Waals surface area (Å²) < 4.78 is 0. The fourth-order valence-corrected chi connectivity index (χ4v) is 2.77. The van der Waals surface area contributed by atoms with Crippen molar-refractivity contribution in [1.82, 2.24) is 15.8 Å². The molecule has 0 aromatic carbocycles. The number of aliphatic carboxylic acids is 1. The molecule has 2 aliphatic rings. The van der Waals surface area contributed by atoms with Crippen molar-refractivity contribution in [2.24, 2.45) is 0 Å². The monoisotopic (exact) mass is 255 g/mol. The topological polar surface area (TPSA) is 81.7 Å². The van der Waals surface area contributed by atoms with Gasteiger partial charge in [0.2, 0.25) is 0 Å². The van der Waals surface area contributed by atoms with E-state index in [0.29, 0.717) is 12.8 Å². The molecule has 2 fully saturated rings. The number of hydrogen-bond donors (Lipinski definition) is 3. The molecule has 1 aliphatic heterocycles. The molecule has 1 aliphatic carbocycles. The van der Waals surface area contributed by atoms with E-state index in [4.69, 9.17) is 0 Å². The molecule has 0 aromatic heterocycles.